The number of benzene rings is 1. The number of H-pyrrole nitrogens is 1. The molecule has 0 radical (unpaired) electrons. The number of carbonyl (C=O) groups excluding carboxylic acids is 1. The van der Waals surface area contributed by atoms with Crippen LogP contribution in [-0.4, -0.2) is 31.9 Å². The molecule has 1 saturated carbocycles. The van der Waals surface area contributed by atoms with E-state index in [1.54, 1.807) is 21.6 Å². The molecule has 0 spiro atoms. The molecule has 2 aliphatic rings. The lowest BCUT2D eigenvalue weighted by molar-refractivity contribution is 0.0720. The first-order valence-corrected chi connectivity index (χ1v) is 10.1. The molecule has 3 heterocycles. The largest absolute Gasteiger partial charge is 0.327 e. The highest BCUT2D eigenvalue weighted by molar-refractivity contribution is 5.92. The molecule has 1 aromatic carbocycles. The van der Waals surface area contributed by atoms with Crippen molar-refractivity contribution in [3.05, 3.63) is 74.7 Å². The first-order valence-electron chi connectivity index (χ1n) is 10.1. The molecule has 7 heteroatoms. The van der Waals surface area contributed by atoms with Crippen LogP contribution in [0.3, 0.4) is 0 Å². The molecule has 1 aliphatic heterocycles. The minimum atomic E-state index is -0.305. The fraction of sp³-hybridized carbons (Fsp3) is 0.364. The predicted octanol–water partition coefficient (Wildman–Crippen LogP) is 2.47. The van der Waals surface area contributed by atoms with Gasteiger partial charge >= 0.3 is 0 Å². The normalized spacial score (nSPS) is 19.0. The highest BCUT2D eigenvalue weighted by atomic mass is 16.2. The highest BCUT2D eigenvalue weighted by Crippen LogP contribution is 2.35. The number of carbonyl (C=O) groups is 1. The van der Waals surface area contributed by atoms with Gasteiger partial charge in [-0.2, -0.15) is 0 Å². The maximum Gasteiger partial charge on any atom is 0.270 e. The lowest BCUT2D eigenvalue weighted by Gasteiger charge is -2.26. The van der Waals surface area contributed by atoms with E-state index in [0.29, 0.717) is 35.7 Å². The molecule has 29 heavy (non-hydrogen) atoms. The van der Waals surface area contributed by atoms with Crippen molar-refractivity contribution in [3.8, 4) is 0 Å². The number of rotatable bonds is 4. The number of pyridine rings is 1. The van der Waals surface area contributed by atoms with Gasteiger partial charge in [-0.05, 0) is 49.8 Å². The molecule has 1 N–H and O–H groups in total. The zero-order valence-corrected chi connectivity index (χ0v) is 16.0. The number of hydrogen-bond acceptors (Lipinski definition) is 4. The zero-order valence-electron chi connectivity index (χ0n) is 16.0. The van der Waals surface area contributed by atoms with Crippen molar-refractivity contribution in [2.75, 3.05) is 6.54 Å². The van der Waals surface area contributed by atoms with Crippen LogP contribution in [0.1, 0.15) is 48.0 Å². The first kappa shape index (κ1) is 17.8. The monoisotopic (exact) mass is 390 g/mol. The van der Waals surface area contributed by atoms with Gasteiger partial charge in [0, 0.05) is 19.2 Å². The summed E-state index contributed by atoms with van der Waals surface area (Å²) in [7, 11) is 0. The van der Waals surface area contributed by atoms with E-state index in [2.05, 4.69) is 4.98 Å². The summed E-state index contributed by atoms with van der Waals surface area (Å²) in [5, 5.41) is 0.611. The summed E-state index contributed by atoms with van der Waals surface area (Å²) < 4.78 is 1.78. The van der Waals surface area contributed by atoms with Gasteiger partial charge in [-0.15, -0.1) is 0 Å². The molecule has 7 nitrogen and oxygen atoms in total. The van der Waals surface area contributed by atoms with Crippen LogP contribution in [0.15, 0.2) is 52.1 Å². The van der Waals surface area contributed by atoms with Gasteiger partial charge in [-0.25, -0.2) is 4.98 Å². The topological polar surface area (TPSA) is 88.1 Å². The Labute approximate surface area is 167 Å². The van der Waals surface area contributed by atoms with Gasteiger partial charge in [0.1, 0.15) is 11.5 Å². The Bertz CT molecular complexity index is 1210. The number of aromatic nitrogens is 3. The minimum absolute atomic E-state index is 0.0371. The van der Waals surface area contributed by atoms with Crippen LogP contribution in [0, 0.1) is 5.92 Å². The second-order valence-corrected chi connectivity index (χ2v) is 7.93. The van der Waals surface area contributed by atoms with Gasteiger partial charge in [-0.3, -0.25) is 19.0 Å². The van der Waals surface area contributed by atoms with Crippen LogP contribution < -0.4 is 11.1 Å². The summed E-state index contributed by atoms with van der Waals surface area (Å²) in [6.45, 7) is 1.22. The number of amides is 1. The van der Waals surface area contributed by atoms with Gasteiger partial charge in [0.2, 0.25) is 5.56 Å². The third-order valence-corrected chi connectivity index (χ3v) is 5.84. The Hall–Kier alpha value is -3.22. The van der Waals surface area contributed by atoms with E-state index < -0.39 is 0 Å². The smallest absolute Gasteiger partial charge is 0.270 e. The molecule has 148 valence electrons. The Kier molecular flexibility index (Phi) is 4.30. The first-order chi connectivity index (χ1) is 14.1. The summed E-state index contributed by atoms with van der Waals surface area (Å²) in [6.07, 6.45) is 3.83. The quantitative estimate of drug-likeness (QED) is 0.741. The standard InChI is InChI=1S/C22H22N4O3/c27-19-9-3-7-17(23-19)22(29)25-12-4-8-18(25)20-24-16-6-2-1-5-15(16)21(28)26(20)13-14-10-11-14/h1-3,5-7,9,14,18H,4,8,10-13H2,(H,23,27). The maximum atomic E-state index is 13.2. The molecular formula is C22H22N4O3. The lowest BCUT2D eigenvalue weighted by Crippen LogP contribution is -2.36. The van der Waals surface area contributed by atoms with Crippen molar-refractivity contribution in [2.45, 2.75) is 38.3 Å². The number of fused-ring (bicyclic) bond motifs is 1. The van der Waals surface area contributed by atoms with Crippen LogP contribution >= 0.6 is 0 Å². The number of aromatic amines is 1. The Morgan fingerprint density at radius 1 is 1.07 bits per heavy atom. The van der Waals surface area contributed by atoms with Gasteiger partial charge in [0.25, 0.3) is 11.5 Å². The molecule has 1 saturated heterocycles. The molecule has 2 aromatic heterocycles. The van der Waals surface area contributed by atoms with E-state index in [1.165, 1.54) is 6.07 Å². The Morgan fingerprint density at radius 2 is 1.90 bits per heavy atom. The molecule has 2 fully saturated rings. The summed E-state index contributed by atoms with van der Waals surface area (Å²) in [4.78, 5) is 47.2. The second-order valence-electron chi connectivity index (χ2n) is 7.93. The number of likely N-dealkylation sites (tertiary alicyclic amines) is 1. The van der Waals surface area contributed by atoms with Crippen LogP contribution in [-0.2, 0) is 6.54 Å². The summed E-state index contributed by atoms with van der Waals surface area (Å²) >= 11 is 0. The number of para-hydroxylation sites is 1. The molecule has 5 rings (SSSR count). The van der Waals surface area contributed by atoms with Crippen molar-refractivity contribution in [2.24, 2.45) is 5.92 Å². The van der Waals surface area contributed by atoms with Crippen LogP contribution in [0.4, 0.5) is 0 Å². The lowest BCUT2D eigenvalue weighted by atomic mass is 10.1. The average Bonchev–Trinajstić information content (AvgIpc) is 3.42. The van der Waals surface area contributed by atoms with Gasteiger partial charge < -0.3 is 9.88 Å². The SMILES string of the molecule is O=C(c1cccc(=O)[nH]1)N1CCCC1c1nc2ccccc2c(=O)n1CC1CC1. The molecule has 1 aliphatic carbocycles. The van der Waals surface area contributed by atoms with Crippen LogP contribution in [0.25, 0.3) is 10.9 Å². The predicted molar refractivity (Wildman–Crippen MR) is 109 cm³/mol. The van der Waals surface area contributed by atoms with E-state index in [0.717, 1.165) is 25.7 Å². The van der Waals surface area contributed by atoms with Crippen molar-refractivity contribution < 1.29 is 4.79 Å². The highest BCUT2D eigenvalue weighted by Gasteiger charge is 2.35. The van der Waals surface area contributed by atoms with Crippen LogP contribution in [0.5, 0.6) is 0 Å². The molecule has 0 bridgehead atoms. The minimum Gasteiger partial charge on any atom is -0.327 e. The van der Waals surface area contributed by atoms with E-state index in [9.17, 15) is 14.4 Å². The van der Waals surface area contributed by atoms with E-state index in [4.69, 9.17) is 4.98 Å². The summed E-state index contributed by atoms with van der Waals surface area (Å²) in [6, 6.07) is 11.7. The molecular weight excluding hydrogens is 368 g/mol. The second kappa shape index (κ2) is 6.99. The Morgan fingerprint density at radius 3 is 2.69 bits per heavy atom. The molecule has 1 amide bonds. The molecule has 1 unspecified atom stereocenters. The third kappa shape index (κ3) is 3.26. The van der Waals surface area contributed by atoms with Crippen molar-refractivity contribution >= 4 is 16.8 Å². The Balaban J connectivity index is 1.60. The third-order valence-electron chi connectivity index (χ3n) is 5.84. The molecule has 3 aromatic rings. The number of nitrogens with zero attached hydrogens (tertiary/aromatic N) is 3. The van der Waals surface area contributed by atoms with Gasteiger partial charge in [-0.1, -0.05) is 18.2 Å². The maximum absolute atomic E-state index is 13.2. The fourth-order valence-electron chi connectivity index (χ4n) is 4.18. The van der Waals surface area contributed by atoms with Crippen LogP contribution in [0.2, 0.25) is 0 Å². The zero-order chi connectivity index (χ0) is 20.0. The number of hydrogen-bond donors (Lipinski definition) is 1. The summed E-state index contributed by atoms with van der Waals surface area (Å²) in [5.41, 5.74) is 0.583. The van der Waals surface area contributed by atoms with Gasteiger partial charge in [0.15, 0.2) is 0 Å². The average molecular weight is 390 g/mol. The van der Waals surface area contributed by atoms with Crippen molar-refractivity contribution in [1.29, 1.82) is 0 Å². The van der Waals surface area contributed by atoms with E-state index in [1.807, 2.05) is 24.3 Å². The van der Waals surface area contributed by atoms with Gasteiger partial charge in [0.05, 0.1) is 16.9 Å². The van der Waals surface area contributed by atoms with Crippen molar-refractivity contribution in [3.63, 3.8) is 0 Å². The van der Waals surface area contributed by atoms with E-state index >= 15 is 0 Å². The van der Waals surface area contributed by atoms with Crippen molar-refractivity contribution in [1.82, 2.24) is 19.4 Å². The molecule has 1 atom stereocenters. The fourth-order valence-corrected chi connectivity index (χ4v) is 4.18. The van der Waals surface area contributed by atoms with E-state index in [-0.39, 0.29) is 28.8 Å². The number of nitrogens with one attached hydrogen (secondary N) is 1. The summed E-state index contributed by atoms with van der Waals surface area (Å²) in [5.74, 6) is 0.931.